The highest BCUT2D eigenvalue weighted by atomic mass is 32.1. The molecule has 0 bridgehead atoms. The molecule has 114 valence electrons. The molecule has 0 aromatic carbocycles. The monoisotopic (exact) mass is 316 g/mol. The summed E-state index contributed by atoms with van der Waals surface area (Å²) in [5.74, 6) is -0.161. The molecule has 0 fully saturated rings. The van der Waals surface area contributed by atoms with Gasteiger partial charge in [-0.1, -0.05) is 0 Å². The number of hydrogen-bond donors (Lipinski definition) is 0. The van der Waals surface area contributed by atoms with Crippen LogP contribution in [0.2, 0.25) is 0 Å². The number of aromatic nitrogens is 2. The minimum absolute atomic E-state index is 0.0726. The van der Waals surface area contributed by atoms with E-state index in [-0.39, 0.29) is 11.8 Å². The van der Waals surface area contributed by atoms with Crippen LogP contribution < -0.4 is 0 Å². The molecule has 2 aromatic heterocycles. The van der Waals surface area contributed by atoms with Crippen molar-refractivity contribution in [3.63, 3.8) is 0 Å². The molecule has 7 heteroatoms. The summed E-state index contributed by atoms with van der Waals surface area (Å²) in [6.45, 7) is 2.61. The summed E-state index contributed by atoms with van der Waals surface area (Å²) in [6.07, 6.45) is 0.897. The number of fused-ring (bicyclic) bond motifs is 2. The van der Waals surface area contributed by atoms with Crippen molar-refractivity contribution in [3.8, 4) is 0 Å². The van der Waals surface area contributed by atoms with Crippen LogP contribution in [0.3, 0.4) is 0 Å². The number of carbonyl (C=O) groups excluding carboxylic acids is 2. The van der Waals surface area contributed by atoms with E-state index in [1.54, 1.807) is 34.0 Å². The van der Waals surface area contributed by atoms with Gasteiger partial charge in [-0.25, -0.2) is 0 Å². The van der Waals surface area contributed by atoms with Crippen LogP contribution in [0.25, 0.3) is 0 Å². The van der Waals surface area contributed by atoms with E-state index >= 15 is 0 Å². The minimum atomic E-state index is -0.0887. The Morgan fingerprint density at radius 1 is 1.32 bits per heavy atom. The minimum Gasteiger partial charge on any atom is -0.339 e. The van der Waals surface area contributed by atoms with Gasteiger partial charge in [-0.2, -0.15) is 5.10 Å². The van der Waals surface area contributed by atoms with Crippen molar-refractivity contribution in [3.05, 3.63) is 39.3 Å². The zero-order chi connectivity index (χ0) is 15.3. The second-order valence-corrected chi connectivity index (χ2v) is 6.71. The van der Waals surface area contributed by atoms with Crippen LogP contribution in [0.1, 0.15) is 31.4 Å². The van der Waals surface area contributed by atoms with Gasteiger partial charge in [0.1, 0.15) is 5.69 Å². The Kier molecular flexibility index (Phi) is 3.04. The Bertz CT molecular complexity index is 763. The lowest BCUT2D eigenvalue weighted by Gasteiger charge is -2.26. The predicted octanol–water partition coefficient (Wildman–Crippen LogP) is 1.23. The molecule has 0 atom stereocenters. The lowest BCUT2D eigenvalue weighted by molar-refractivity contribution is 0.0721. The Hall–Kier alpha value is -2.15. The molecule has 0 N–H and O–H groups in total. The van der Waals surface area contributed by atoms with Crippen molar-refractivity contribution in [1.29, 1.82) is 0 Å². The van der Waals surface area contributed by atoms with Crippen LogP contribution >= 0.6 is 11.3 Å². The first-order valence-electron chi connectivity index (χ1n) is 7.31. The van der Waals surface area contributed by atoms with Crippen LogP contribution in [0.5, 0.6) is 0 Å². The van der Waals surface area contributed by atoms with E-state index in [1.165, 1.54) is 10.4 Å². The van der Waals surface area contributed by atoms with E-state index < -0.39 is 0 Å². The molecular formula is C15H16N4O2S. The number of carbonyl (C=O) groups is 2. The van der Waals surface area contributed by atoms with Gasteiger partial charge in [0, 0.05) is 37.6 Å². The molecule has 4 heterocycles. The van der Waals surface area contributed by atoms with Crippen LogP contribution in [0, 0.1) is 0 Å². The van der Waals surface area contributed by atoms with Gasteiger partial charge in [-0.3, -0.25) is 14.3 Å². The largest absolute Gasteiger partial charge is 0.339 e. The Morgan fingerprint density at radius 2 is 2.18 bits per heavy atom. The van der Waals surface area contributed by atoms with Crippen molar-refractivity contribution in [2.24, 2.45) is 0 Å². The Balaban J connectivity index is 1.59. The molecule has 2 aliphatic heterocycles. The van der Waals surface area contributed by atoms with E-state index in [0.29, 0.717) is 37.6 Å². The fourth-order valence-electron chi connectivity index (χ4n) is 2.99. The average molecular weight is 316 g/mol. The zero-order valence-electron chi connectivity index (χ0n) is 12.3. The topological polar surface area (TPSA) is 58.4 Å². The van der Waals surface area contributed by atoms with Crippen molar-refractivity contribution < 1.29 is 9.59 Å². The summed E-state index contributed by atoms with van der Waals surface area (Å²) in [5.41, 5.74) is 2.10. The summed E-state index contributed by atoms with van der Waals surface area (Å²) in [4.78, 5) is 29.6. The highest BCUT2D eigenvalue weighted by Crippen LogP contribution is 2.25. The molecule has 2 aromatic rings. The Labute approximate surface area is 131 Å². The standard InChI is InChI=1S/C15H16N4O2S/c1-17-5-6-19-12(15(17)21)8-11(16-19)14(20)18-4-2-13-10(9-18)3-7-22-13/h3,7-8H,2,4-6,9H2,1H3. The van der Waals surface area contributed by atoms with E-state index in [1.807, 2.05) is 4.90 Å². The smallest absolute Gasteiger partial charge is 0.274 e. The number of hydrogen-bond acceptors (Lipinski definition) is 4. The molecule has 2 aliphatic rings. The maximum Gasteiger partial charge on any atom is 0.274 e. The lowest BCUT2D eigenvalue weighted by Crippen LogP contribution is -2.37. The summed E-state index contributed by atoms with van der Waals surface area (Å²) < 4.78 is 1.65. The van der Waals surface area contributed by atoms with Crippen LogP contribution in [0.15, 0.2) is 17.5 Å². The third-order valence-electron chi connectivity index (χ3n) is 4.31. The molecule has 4 rings (SSSR count). The summed E-state index contributed by atoms with van der Waals surface area (Å²) in [5, 5.41) is 6.41. The number of nitrogens with zero attached hydrogens (tertiary/aromatic N) is 4. The highest BCUT2D eigenvalue weighted by molar-refractivity contribution is 7.10. The maximum absolute atomic E-state index is 12.7. The first-order chi connectivity index (χ1) is 10.6. The number of likely N-dealkylation sites (N-methyl/N-ethyl adjacent to an activating group) is 1. The van der Waals surface area contributed by atoms with Crippen molar-refractivity contribution in [1.82, 2.24) is 19.6 Å². The SMILES string of the molecule is CN1CCn2nc(C(=O)N3CCc4sccc4C3)cc2C1=O. The summed E-state index contributed by atoms with van der Waals surface area (Å²) >= 11 is 1.75. The molecular weight excluding hydrogens is 300 g/mol. The van der Waals surface area contributed by atoms with Crippen molar-refractivity contribution >= 4 is 23.2 Å². The molecule has 2 amide bonds. The maximum atomic E-state index is 12.7. The quantitative estimate of drug-likeness (QED) is 0.795. The fraction of sp³-hybridized carbons (Fsp3) is 0.400. The molecule has 0 aliphatic carbocycles. The number of thiophene rings is 1. The van der Waals surface area contributed by atoms with Gasteiger partial charge < -0.3 is 9.80 Å². The van der Waals surface area contributed by atoms with Gasteiger partial charge in [-0.15, -0.1) is 11.3 Å². The highest BCUT2D eigenvalue weighted by Gasteiger charge is 2.29. The van der Waals surface area contributed by atoms with Crippen LogP contribution in [0.4, 0.5) is 0 Å². The van der Waals surface area contributed by atoms with E-state index in [9.17, 15) is 9.59 Å². The molecule has 0 unspecified atom stereocenters. The van der Waals surface area contributed by atoms with E-state index in [4.69, 9.17) is 0 Å². The second kappa shape index (κ2) is 4.95. The normalized spacial score (nSPS) is 17.4. The zero-order valence-corrected chi connectivity index (χ0v) is 13.1. The van der Waals surface area contributed by atoms with Gasteiger partial charge >= 0.3 is 0 Å². The fourth-order valence-corrected chi connectivity index (χ4v) is 3.88. The van der Waals surface area contributed by atoms with Crippen LogP contribution in [-0.4, -0.2) is 51.5 Å². The lowest BCUT2D eigenvalue weighted by atomic mass is 10.1. The van der Waals surface area contributed by atoms with Crippen LogP contribution in [-0.2, 0) is 19.5 Å². The van der Waals surface area contributed by atoms with Gasteiger partial charge in [0.25, 0.3) is 11.8 Å². The molecule has 0 saturated carbocycles. The van der Waals surface area contributed by atoms with E-state index in [2.05, 4.69) is 16.5 Å². The Morgan fingerprint density at radius 3 is 3.05 bits per heavy atom. The summed E-state index contributed by atoms with van der Waals surface area (Å²) in [7, 11) is 1.77. The van der Waals surface area contributed by atoms with Gasteiger partial charge in [0.2, 0.25) is 0 Å². The third kappa shape index (κ3) is 2.04. The van der Waals surface area contributed by atoms with E-state index in [0.717, 1.165) is 6.42 Å². The van der Waals surface area contributed by atoms with Crippen molar-refractivity contribution in [2.75, 3.05) is 20.1 Å². The third-order valence-corrected chi connectivity index (χ3v) is 5.33. The average Bonchev–Trinajstić information content (AvgIpc) is 3.16. The van der Waals surface area contributed by atoms with Gasteiger partial charge in [-0.05, 0) is 23.4 Å². The molecule has 6 nitrogen and oxygen atoms in total. The molecule has 0 spiro atoms. The van der Waals surface area contributed by atoms with Crippen molar-refractivity contribution in [2.45, 2.75) is 19.5 Å². The number of rotatable bonds is 1. The number of amides is 2. The van der Waals surface area contributed by atoms with Gasteiger partial charge in [0.05, 0.1) is 6.54 Å². The second-order valence-electron chi connectivity index (χ2n) is 5.71. The first-order valence-corrected chi connectivity index (χ1v) is 8.19. The molecule has 0 radical (unpaired) electrons. The molecule has 0 saturated heterocycles. The summed E-state index contributed by atoms with van der Waals surface area (Å²) in [6, 6.07) is 3.71. The van der Waals surface area contributed by atoms with Gasteiger partial charge in [0.15, 0.2) is 5.69 Å². The predicted molar refractivity (Wildman–Crippen MR) is 82.0 cm³/mol. The first kappa shape index (κ1) is 13.5. The molecule has 22 heavy (non-hydrogen) atoms.